The molecule has 0 aliphatic carbocycles. The molecule has 2 rings (SSSR count). The molecule has 5 nitrogen and oxygen atoms in total. The minimum absolute atomic E-state index is 0.109. The van der Waals surface area contributed by atoms with Gasteiger partial charge >= 0.3 is 5.97 Å². The first-order valence-electron chi connectivity index (χ1n) is 6.97. The van der Waals surface area contributed by atoms with Gasteiger partial charge in [-0.25, -0.2) is 0 Å². The van der Waals surface area contributed by atoms with E-state index in [9.17, 15) is 9.59 Å². The average Bonchev–Trinajstić information content (AvgIpc) is 2.48. The van der Waals surface area contributed by atoms with Crippen molar-refractivity contribution in [3.63, 3.8) is 0 Å². The molecule has 0 bridgehead atoms. The highest BCUT2D eigenvalue weighted by Crippen LogP contribution is 2.17. The fourth-order valence-electron chi connectivity index (χ4n) is 2.46. The van der Waals surface area contributed by atoms with Crippen molar-refractivity contribution in [2.45, 2.75) is 37.8 Å². The van der Waals surface area contributed by atoms with Gasteiger partial charge in [-0.05, 0) is 24.9 Å². The zero-order valence-corrected chi connectivity index (χ0v) is 11.3. The summed E-state index contributed by atoms with van der Waals surface area (Å²) < 4.78 is 0. The highest BCUT2D eigenvalue weighted by Gasteiger charge is 2.24. The Kier molecular flexibility index (Phi) is 5.12. The Bertz CT molecular complexity index is 455. The van der Waals surface area contributed by atoms with Crippen LogP contribution in [-0.4, -0.2) is 29.6 Å². The molecule has 1 aliphatic rings. The summed E-state index contributed by atoms with van der Waals surface area (Å²) in [6, 6.07) is 8.54. The summed E-state index contributed by atoms with van der Waals surface area (Å²) in [5.41, 5.74) is 0.819. The van der Waals surface area contributed by atoms with E-state index in [2.05, 4.69) is 10.6 Å². The van der Waals surface area contributed by atoms with Crippen molar-refractivity contribution in [1.29, 1.82) is 0 Å². The topological polar surface area (TPSA) is 78.4 Å². The third-order valence-electron chi connectivity index (χ3n) is 3.52. The van der Waals surface area contributed by atoms with Gasteiger partial charge in [0.25, 0.3) is 0 Å². The molecule has 1 heterocycles. The van der Waals surface area contributed by atoms with Gasteiger partial charge in [-0.2, -0.15) is 0 Å². The SMILES string of the molecule is O=C(O)CC(NC(=O)C1CCCCN1)c1ccccc1. The number of carboxylic acid groups (broad SMARTS) is 1. The molecule has 0 radical (unpaired) electrons. The van der Waals surface area contributed by atoms with Crippen molar-refractivity contribution in [1.82, 2.24) is 10.6 Å². The number of carbonyl (C=O) groups is 2. The predicted octanol–water partition coefficient (Wildman–Crippen LogP) is 1.46. The molecule has 108 valence electrons. The van der Waals surface area contributed by atoms with Crippen LogP contribution in [0.3, 0.4) is 0 Å². The van der Waals surface area contributed by atoms with Gasteiger partial charge in [-0.1, -0.05) is 36.8 Å². The number of hydrogen-bond donors (Lipinski definition) is 3. The predicted molar refractivity (Wildman–Crippen MR) is 75.2 cm³/mol. The largest absolute Gasteiger partial charge is 0.481 e. The maximum atomic E-state index is 12.2. The lowest BCUT2D eigenvalue weighted by Gasteiger charge is -2.25. The first-order valence-corrected chi connectivity index (χ1v) is 6.97. The van der Waals surface area contributed by atoms with Crippen LogP contribution >= 0.6 is 0 Å². The van der Waals surface area contributed by atoms with Gasteiger partial charge in [0.05, 0.1) is 18.5 Å². The number of carboxylic acids is 1. The smallest absolute Gasteiger partial charge is 0.305 e. The molecule has 1 aromatic rings. The van der Waals surface area contributed by atoms with Crippen molar-refractivity contribution in [3.8, 4) is 0 Å². The molecule has 2 unspecified atom stereocenters. The molecule has 20 heavy (non-hydrogen) atoms. The van der Waals surface area contributed by atoms with Crippen LogP contribution < -0.4 is 10.6 Å². The number of benzene rings is 1. The molecule has 1 saturated heterocycles. The summed E-state index contributed by atoms with van der Waals surface area (Å²) in [7, 11) is 0. The highest BCUT2D eigenvalue weighted by atomic mass is 16.4. The Morgan fingerprint density at radius 2 is 2.05 bits per heavy atom. The third kappa shape index (κ3) is 4.06. The highest BCUT2D eigenvalue weighted by molar-refractivity contribution is 5.83. The average molecular weight is 276 g/mol. The van der Waals surface area contributed by atoms with Crippen LogP contribution in [0.15, 0.2) is 30.3 Å². The first kappa shape index (κ1) is 14.5. The maximum Gasteiger partial charge on any atom is 0.305 e. The Morgan fingerprint density at radius 3 is 2.65 bits per heavy atom. The van der Waals surface area contributed by atoms with Gasteiger partial charge in [-0.3, -0.25) is 9.59 Å². The number of aliphatic carboxylic acids is 1. The Labute approximate surface area is 118 Å². The zero-order valence-electron chi connectivity index (χ0n) is 11.3. The van der Waals surface area contributed by atoms with E-state index in [1.807, 2.05) is 30.3 Å². The molecule has 1 amide bonds. The van der Waals surface area contributed by atoms with E-state index in [1.165, 1.54) is 0 Å². The van der Waals surface area contributed by atoms with Crippen LogP contribution in [0, 0.1) is 0 Å². The van der Waals surface area contributed by atoms with Gasteiger partial charge in [0.2, 0.25) is 5.91 Å². The van der Waals surface area contributed by atoms with E-state index in [-0.39, 0.29) is 18.4 Å². The monoisotopic (exact) mass is 276 g/mol. The Hall–Kier alpha value is -1.88. The number of carbonyl (C=O) groups excluding carboxylic acids is 1. The zero-order chi connectivity index (χ0) is 14.4. The van der Waals surface area contributed by atoms with Gasteiger partial charge in [0.15, 0.2) is 0 Å². The second-order valence-electron chi connectivity index (χ2n) is 5.07. The first-order chi connectivity index (χ1) is 9.66. The van der Waals surface area contributed by atoms with Crippen LogP contribution in [0.4, 0.5) is 0 Å². The minimum Gasteiger partial charge on any atom is -0.481 e. The van der Waals surface area contributed by atoms with Crippen molar-refractivity contribution >= 4 is 11.9 Å². The molecule has 0 saturated carbocycles. The lowest BCUT2D eigenvalue weighted by atomic mass is 10.0. The van der Waals surface area contributed by atoms with Gasteiger partial charge < -0.3 is 15.7 Å². The second kappa shape index (κ2) is 7.05. The number of amides is 1. The van der Waals surface area contributed by atoms with Crippen LogP contribution in [-0.2, 0) is 9.59 Å². The normalized spacial score (nSPS) is 20.1. The van der Waals surface area contributed by atoms with Gasteiger partial charge in [-0.15, -0.1) is 0 Å². The van der Waals surface area contributed by atoms with Crippen molar-refractivity contribution in [2.24, 2.45) is 0 Å². The van der Waals surface area contributed by atoms with E-state index < -0.39 is 12.0 Å². The molecular formula is C15H20N2O3. The van der Waals surface area contributed by atoms with Crippen molar-refractivity contribution in [2.75, 3.05) is 6.54 Å². The quantitative estimate of drug-likeness (QED) is 0.761. The summed E-state index contributed by atoms with van der Waals surface area (Å²) in [6.45, 7) is 0.840. The third-order valence-corrected chi connectivity index (χ3v) is 3.52. The van der Waals surface area contributed by atoms with Crippen LogP contribution in [0.1, 0.15) is 37.3 Å². The van der Waals surface area contributed by atoms with Gasteiger partial charge in [0, 0.05) is 0 Å². The fourth-order valence-corrected chi connectivity index (χ4v) is 2.46. The molecule has 5 heteroatoms. The van der Waals surface area contributed by atoms with Crippen molar-refractivity contribution in [3.05, 3.63) is 35.9 Å². The summed E-state index contributed by atoms with van der Waals surface area (Å²) >= 11 is 0. The number of hydrogen-bond acceptors (Lipinski definition) is 3. The maximum absolute atomic E-state index is 12.2. The fraction of sp³-hybridized carbons (Fsp3) is 0.467. The molecule has 1 aliphatic heterocycles. The Balaban J connectivity index is 2.03. The minimum atomic E-state index is -0.921. The summed E-state index contributed by atoms with van der Waals surface area (Å²) in [6.07, 6.45) is 2.81. The van der Waals surface area contributed by atoms with E-state index in [4.69, 9.17) is 5.11 Å². The molecule has 2 atom stereocenters. The number of rotatable bonds is 5. The molecule has 1 fully saturated rings. The summed E-state index contributed by atoms with van der Waals surface area (Å²) in [5.74, 6) is -1.03. The standard InChI is InChI=1S/C15H20N2O3/c18-14(19)10-13(11-6-2-1-3-7-11)17-15(20)12-8-4-5-9-16-12/h1-3,6-7,12-13,16H,4-5,8-10H2,(H,17,20)(H,18,19). The molecule has 1 aromatic carbocycles. The second-order valence-corrected chi connectivity index (χ2v) is 5.07. The number of nitrogens with one attached hydrogen (secondary N) is 2. The summed E-state index contributed by atoms with van der Waals surface area (Å²) in [4.78, 5) is 23.2. The number of piperidine rings is 1. The molecular weight excluding hydrogens is 256 g/mol. The summed E-state index contributed by atoms with van der Waals surface area (Å²) in [5, 5.41) is 15.0. The van der Waals surface area contributed by atoms with E-state index >= 15 is 0 Å². The lowest BCUT2D eigenvalue weighted by molar-refractivity contribution is -0.137. The molecule has 3 N–H and O–H groups in total. The molecule has 0 spiro atoms. The molecule has 0 aromatic heterocycles. The van der Waals surface area contributed by atoms with E-state index in [0.29, 0.717) is 0 Å². The van der Waals surface area contributed by atoms with Crippen molar-refractivity contribution < 1.29 is 14.7 Å². The van der Waals surface area contributed by atoms with Crippen LogP contribution in [0.25, 0.3) is 0 Å². The van der Waals surface area contributed by atoms with Crippen LogP contribution in [0.5, 0.6) is 0 Å². The van der Waals surface area contributed by atoms with E-state index in [0.717, 1.165) is 31.4 Å². The van der Waals surface area contributed by atoms with Gasteiger partial charge in [0.1, 0.15) is 0 Å². The van der Waals surface area contributed by atoms with E-state index in [1.54, 1.807) is 0 Å². The Morgan fingerprint density at radius 1 is 1.30 bits per heavy atom. The lowest BCUT2D eigenvalue weighted by Crippen LogP contribution is -2.47. The van der Waals surface area contributed by atoms with Crippen LogP contribution in [0.2, 0.25) is 0 Å².